The van der Waals surface area contributed by atoms with Gasteiger partial charge in [0.2, 0.25) is 0 Å². The molecule has 0 bridgehead atoms. The van der Waals surface area contributed by atoms with Crippen molar-refractivity contribution in [1.82, 2.24) is 9.97 Å². The first-order valence-electron chi connectivity index (χ1n) is 4.72. The Balaban J connectivity index is 2.17. The molecular weight excluding hydrogens is 194 g/mol. The van der Waals surface area contributed by atoms with Crippen molar-refractivity contribution in [2.75, 3.05) is 17.6 Å². The van der Waals surface area contributed by atoms with Crippen LogP contribution in [0.25, 0.3) is 0 Å². The van der Waals surface area contributed by atoms with E-state index in [-0.39, 0.29) is 0 Å². The van der Waals surface area contributed by atoms with Crippen LogP contribution in [-0.4, -0.2) is 27.0 Å². The maximum Gasteiger partial charge on any atom is 0.144 e. The second kappa shape index (κ2) is 5.20. The molecule has 3 nitrogen and oxygen atoms in total. The number of nitrogens with zero attached hydrogens (tertiary/aromatic N) is 2. The molecule has 78 valence electrons. The van der Waals surface area contributed by atoms with Crippen LogP contribution in [0.1, 0.15) is 20.8 Å². The van der Waals surface area contributed by atoms with E-state index in [4.69, 9.17) is 0 Å². The molecule has 1 N–H and O–H groups in total. The minimum Gasteiger partial charge on any atom is -0.368 e. The summed E-state index contributed by atoms with van der Waals surface area (Å²) in [7, 11) is 0. The average Bonchev–Trinajstić information content (AvgIpc) is 2.13. The van der Waals surface area contributed by atoms with Gasteiger partial charge in [0.15, 0.2) is 0 Å². The zero-order valence-corrected chi connectivity index (χ0v) is 9.77. The van der Waals surface area contributed by atoms with E-state index in [9.17, 15) is 0 Å². The molecule has 14 heavy (non-hydrogen) atoms. The molecule has 1 heterocycles. The number of nitrogens with one attached hydrogen (secondary N) is 1. The van der Waals surface area contributed by atoms with Gasteiger partial charge in [-0.1, -0.05) is 20.8 Å². The van der Waals surface area contributed by atoms with Gasteiger partial charge in [-0.15, -0.1) is 0 Å². The lowest BCUT2D eigenvalue weighted by molar-refractivity contribution is 0.802. The van der Waals surface area contributed by atoms with Crippen LogP contribution in [0.5, 0.6) is 0 Å². The van der Waals surface area contributed by atoms with Crippen LogP contribution in [-0.2, 0) is 0 Å². The molecule has 0 saturated carbocycles. The molecule has 4 heteroatoms. The van der Waals surface area contributed by atoms with E-state index in [1.807, 2.05) is 11.8 Å². The number of thioether (sulfide) groups is 1. The van der Waals surface area contributed by atoms with Gasteiger partial charge in [-0.2, -0.15) is 11.8 Å². The maximum absolute atomic E-state index is 4.13. The number of anilines is 1. The summed E-state index contributed by atoms with van der Waals surface area (Å²) in [6, 6.07) is 0. The predicted molar refractivity (Wildman–Crippen MR) is 62.7 cm³/mol. The summed E-state index contributed by atoms with van der Waals surface area (Å²) in [5, 5.41) is 3.22. The minimum absolute atomic E-state index is 0.337. The third kappa shape index (κ3) is 5.07. The molecule has 0 aliphatic heterocycles. The van der Waals surface area contributed by atoms with E-state index in [0.29, 0.717) is 4.75 Å². The Kier molecular flexibility index (Phi) is 4.20. The smallest absolute Gasteiger partial charge is 0.144 e. The third-order valence-electron chi connectivity index (χ3n) is 1.51. The SMILES string of the molecule is CC(C)(C)SCCNc1cnccn1. The standard InChI is InChI=1S/C10H17N3S/c1-10(2,3)14-7-6-13-9-8-11-4-5-12-9/h4-5,8H,6-7H2,1-3H3,(H,12,13). The average molecular weight is 211 g/mol. The van der Waals surface area contributed by atoms with Gasteiger partial charge in [-0.25, -0.2) is 4.98 Å². The van der Waals surface area contributed by atoms with Crippen molar-refractivity contribution in [3.63, 3.8) is 0 Å². The van der Waals surface area contributed by atoms with Crippen LogP contribution in [0.2, 0.25) is 0 Å². The molecule has 0 radical (unpaired) electrons. The van der Waals surface area contributed by atoms with Crippen LogP contribution in [0.3, 0.4) is 0 Å². The molecule has 0 aromatic carbocycles. The molecule has 0 amide bonds. The van der Waals surface area contributed by atoms with Gasteiger partial charge in [-0.3, -0.25) is 4.98 Å². The molecule has 0 unspecified atom stereocenters. The number of hydrogen-bond donors (Lipinski definition) is 1. The van der Waals surface area contributed by atoms with Crippen LogP contribution in [0, 0.1) is 0 Å². The lowest BCUT2D eigenvalue weighted by Gasteiger charge is -2.17. The number of aromatic nitrogens is 2. The molecule has 1 aromatic rings. The fourth-order valence-electron chi connectivity index (χ4n) is 0.927. The van der Waals surface area contributed by atoms with Crippen molar-refractivity contribution in [3.05, 3.63) is 18.6 Å². The lowest BCUT2D eigenvalue weighted by Crippen LogP contribution is -2.13. The van der Waals surface area contributed by atoms with Gasteiger partial charge in [-0.05, 0) is 0 Å². The van der Waals surface area contributed by atoms with E-state index in [1.165, 1.54) is 0 Å². The highest BCUT2D eigenvalue weighted by atomic mass is 32.2. The first-order valence-corrected chi connectivity index (χ1v) is 5.70. The van der Waals surface area contributed by atoms with Gasteiger partial charge in [0, 0.05) is 29.4 Å². The molecule has 0 aliphatic rings. The van der Waals surface area contributed by atoms with Crippen LogP contribution < -0.4 is 5.32 Å². The maximum atomic E-state index is 4.13. The number of hydrogen-bond acceptors (Lipinski definition) is 4. The summed E-state index contributed by atoms with van der Waals surface area (Å²) in [6.07, 6.45) is 5.11. The van der Waals surface area contributed by atoms with Gasteiger partial charge in [0.25, 0.3) is 0 Å². The Bertz CT molecular complexity index is 256. The highest BCUT2D eigenvalue weighted by Gasteiger charge is 2.09. The summed E-state index contributed by atoms with van der Waals surface area (Å²) < 4.78 is 0.337. The molecule has 0 fully saturated rings. The Morgan fingerprint density at radius 2 is 2.14 bits per heavy atom. The topological polar surface area (TPSA) is 37.8 Å². The second-order valence-electron chi connectivity index (χ2n) is 3.98. The van der Waals surface area contributed by atoms with Crippen molar-refractivity contribution in [3.8, 4) is 0 Å². The summed E-state index contributed by atoms with van der Waals surface area (Å²) in [6.45, 7) is 7.60. The van der Waals surface area contributed by atoms with E-state index in [1.54, 1.807) is 18.6 Å². The third-order valence-corrected chi connectivity index (χ3v) is 2.78. The lowest BCUT2D eigenvalue weighted by atomic mass is 10.3. The normalized spacial score (nSPS) is 11.4. The fraction of sp³-hybridized carbons (Fsp3) is 0.600. The van der Waals surface area contributed by atoms with Crippen molar-refractivity contribution in [2.24, 2.45) is 0 Å². The Morgan fingerprint density at radius 3 is 2.71 bits per heavy atom. The molecule has 0 spiro atoms. The highest BCUT2D eigenvalue weighted by Crippen LogP contribution is 2.22. The molecular formula is C10H17N3S. The monoisotopic (exact) mass is 211 g/mol. The van der Waals surface area contributed by atoms with Gasteiger partial charge in [0.1, 0.15) is 5.82 Å². The first kappa shape index (κ1) is 11.3. The summed E-state index contributed by atoms with van der Waals surface area (Å²) in [4.78, 5) is 8.11. The molecule has 0 aliphatic carbocycles. The molecule has 0 saturated heterocycles. The van der Waals surface area contributed by atoms with Crippen LogP contribution in [0.15, 0.2) is 18.6 Å². The molecule has 1 rings (SSSR count). The predicted octanol–water partition coefficient (Wildman–Crippen LogP) is 2.42. The minimum atomic E-state index is 0.337. The van der Waals surface area contributed by atoms with E-state index < -0.39 is 0 Å². The summed E-state index contributed by atoms with van der Waals surface area (Å²) in [5.74, 6) is 1.93. The first-order chi connectivity index (χ1) is 6.58. The zero-order chi connectivity index (χ0) is 10.4. The Hall–Kier alpha value is -0.770. The fourth-order valence-corrected chi connectivity index (χ4v) is 1.74. The van der Waals surface area contributed by atoms with Crippen molar-refractivity contribution < 1.29 is 0 Å². The molecule has 1 aromatic heterocycles. The summed E-state index contributed by atoms with van der Waals surface area (Å²) >= 11 is 1.94. The van der Waals surface area contributed by atoms with Gasteiger partial charge in [0.05, 0.1) is 6.20 Å². The highest BCUT2D eigenvalue weighted by molar-refractivity contribution is 8.00. The van der Waals surface area contributed by atoms with Crippen molar-refractivity contribution >= 4 is 17.6 Å². The zero-order valence-electron chi connectivity index (χ0n) is 8.95. The Morgan fingerprint density at radius 1 is 1.36 bits per heavy atom. The largest absolute Gasteiger partial charge is 0.368 e. The van der Waals surface area contributed by atoms with E-state index in [0.717, 1.165) is 18.1 Å². The Labute approximate surface area is 89.7 Å². The van der Waals surface area contributed by atoms with Crippen molar-refractivity contribution in [2.45, 2.75) is 25.5 Å². The van der Waals surface area contributed by atoms with Crippen LogP contribution >= 0.6 is 11.8 Å². The number of rotatable bonds is 4. The quantitative estimate of drug-likeness (QED) is 0.776. The second-order valence-corrected chi connectivity index (χ2v) is 5.90. The van der Waals surface area contributed by atoms with Crippen LogP contribution in [0.4, 0.5) is 5.82 Å². The van der Waals surface area contributed by atoms with E-state index in [2.05, 4.69) is 36.1 Å². The van der Waals surface area contributed by atoms with Gasteiger partial charge >= 0.3 is 0 Å². The van der Waals surface area contributed by atoms with Crippen molar-refractivity contribution in [1.29, 1.82) is 0 Å². The van der Waals surface area contributed by atoms with E-state index >= 15 is 0 Å². The molecule has 0 atom stereocenters. The van der Waals surface area contributed by atoms with Gasteiger partial charge < -0.3 is 5.32 Å². The summed E-state index contributed by atoms with van der Waals surface area (Å²) in [5.41, 5.74) is 0.